The minimum atomic E-state index is -0.0842. The number of aromatic nitrogens is 1. The quantitative estimate of drug-likeness (QED) is 0.799. The van der Waals surface area contributed by atoms with Crippen molar-refractivity contribution in [3.63, 3.8) is 0 Å². The first kappa shape index (κ1) is 15.2. The van der Waals surface area contributed by atoms with Gasteiger partial charge in [-0.2, -0.15) is 0 Å². The van der Waals surface area contributed by atoms with Gasteiger partial charge in [-0.3, -0.25) is 4.79 Å². The van der Waals surface area contributed by atoms with Gasteiger partial charge in [-0.1, -0.05) is 30.3 Å². The molecule has 1 amide bonds. The molecule has 23 heavy (non-hydrogen) atoms. The molecule has 1 heterocycles. The normalized spacial score (nSPS) is 12.1. The molecule has 0 spiro atoms. The lowest BCUT2D eigenvalue weighted by Crippen LogP contribution is -2.28. The summed E-state index contributed by atoms with van der Waals surface area (Å²) in [7, 11) is 3.54. The van der Waals surface area contributed by atoms with E-state index < -0.39 is 0 Å². The summed E-state index contributed by atoms with van der Waals surface area (Å²) in [4.78, 5) is 12.6. The van der Waals surface area contributed by atoms with Crippen molar-refractivity contribution in [1.82, 2.24) is 9.88 Å². The molecule has 3 aromatic rings. The molecule has 118 valence electrons. The molecule has 1 aromatic heterocycles. The SMILES string of the molecule is COc1ccc2c(c1)cc(C(=O)NC(C)c1ccccc1)n2C. The van der Waals surface area contributed by atoms with Crippen molar-refractivity contribution in [3.8, 4) is 5.75 Å². The Morgan fingerprint density at radius 2 is 1.87 bits per heavy atom. The van der Waals surface area contributed by atoms with Crippen LogP contribution in [0.5, 0.6) is 5.75 Å². The molecule has 4 nitrogen and oxygen atoms in total. The van der Waals surface area contributed by atoms with Crippen molar-refractivity contribution >= 4 is 16.8 Å². The number of nitrogens with zero attached hydrogens (tertiary/aromatic N) is 1. The average Bonchev–Trinajstić information content (AvgIpc) is 2.92. The summed E-state index contributed by atoms with van der Waals surface area (Å²) in [5.74, 6) is 0.701. The molecule has 0 radical (unpaired) electrons. The molecular weight excluding hydrogens is 288 g/mol. The fourth-order valence-electron chi connectivity index (χ4n) is 2.77. The van der Waals surface area contributed by atoms with Gasteiger partial charge in [0.05, 0.1) is 13.2 Å². The third-order valence-corrected chi connectivity index (χ3v) is 4.13. The van der Waals surface area contributed by atoms with Gasteiger partial charge in [-0.15, -0.1) is 0 Å². The van der Waals surface area contributed by atoms with Crippen LogP contribution in [0.2, 0.25) is 0 Å². The Kier molecular flexibility index (Phi) is 4.06. The van der Waals surface area contributed by atoms with Crippen molar-refractivity contribution in [3.05, 3.63) is 65.9 Å². The number of hydrogen-bond acceptors (Lipinski definition) is 2. The van der Waals surface area contributed by atoms with Crippen LogP contribution in [-0.4, -0.2) is 17.6 Å². The lowest BCUT2D eigenvalue weighted by molar-refractivity contribution is 0.0932. The van der Waals surface area contributed by atoms with Gasteiger partial charge in [-0.25, -0.2) is 0 Å². The van der Waals surface area contributed by atoms with Gasteiger partial charge in [0.1, 0.15) is 11.4 Å². The smallest absolute Gasteiger partial charge is 0.268 e. The van der Waals surface area contributed by atoms with Crippen LogP contribution in [0, 0.1) is 0 Å². The highest BCUT2D eigenvalue weighted by molar-refractivity contribution is 5.99. The molecule has 3 rings (SSSR count). The van der Waals surface area contributed by atoms with Gasteiger partial charge in [0.25, 0.3) is 5.91 Å². The maximum atomic E-state index is 12.6. The van der Waals surface area contributed by atoms with Crippen LogP contribution in [0.1, 0.15) is 29.0 Å². The summed E-state index contributed by atoms with van der Waals surface area (Å²) >= 11 is 0. The number of ether oxygens (including phenoxy) is 1. The standard InChI is InChI=1S/C19H20N2O2/c1-13(14-7-5-4-6-8-14)20-19(22)18-12-15-11-16(23-3)9-10-17(15)21(18)2/h4-13H,1-3H3,(H,20,22). The van der Waals surface area contributed by atoms with Crippen LogP contribution < -0.4 is 10.1 Å². The second kappa shape index (κ2) is 6.16. The Balaban J connectivity index is 1.87. The second-order valence-corrected chi connectivity index (χ2v) is 5.62. The zero-order valence-corrected chi connectivity index (χ0v) is 13.5. The molecule has 1 N–H and O–H groups in total. The van der Waals surface area contributed by atoms with Gasteiger partial charge < -0.3 is 14.6 Å². The molecule has 2 aromatic carbocycles. The third kappa shape index (κ3) is 2.93. The maximum Gasteiger partial charge on any atom is 0.268 e. The fraction of sp³-hybridized carbons (Fsp3) is 0.211. The highest BCUT2D eigenvalue weighted by atomic mass is 16.5. The predicted octanol–water partition coefficient (Wildman–Crippen LogP) is 3.68. The maximum absolute atomic E-state index is 12.6. The summed E-state index contributed by atoms with van der Waals surface area (Å²) in [5, 5.41) is 4.04. The number of fused-ring (bicyclic) bond motifs is 1. The zero-order chi connectivity index (χ0) is 16.4. The fourth-order valence-corrected chi connectivity index (χ4v) is 2.77. The zero-order valence-electron chi connectivity index (χ0n) is 13.5. The van der Waals surface area contributed by atoms with Crippen molar-refractivity contribution in [2.24, 2.45) is 7.05 Å². The number of methoxy groups -OCH3 is 1. The Labute approximate surface area is 135 Å². The molecule has 1 atom stereocenters. The number of amides is 1. The van der Waals surface area contributed by atoms with E-state index >= 15 is 0 Å². The average molecular weight is 308 g/mol. The van der Waals surface area contributed by atoms with E-state index in [-0.39, 0.29) is 11.9 Å². The van der Waals surface area contributed by atoms with Gasteiger partial charge in [0.2, 0.25) is 0 Å². The Hall–Kier alpha value is -2.75. The van der Waals surface area contributed by atoms with Gasteiger partial charge >= 0.3 is 0 Å². The van der Waals surface area contributed by atoms with E-state index in [1.165, 1.54) is 0 Å². The number of carbonyl (C=O) groups excluding carboxylic acids is 1. The minimum Gasteiger partial charge on any atom is -0.497 e. The summed E-state index contributed by atoms with van der Waals surface area (Å²) in [6.07, 6.45) is 0. The van der Waals surface area contributed by atoms with Gasteiger partial charge in [0, 0.05) is 18.0 Å². The largest absolute Gasteiger partial charge is 0.497 e. The molecule has 0 saturated carbocycles. The summed E-state index contributed by atoms with van der Waals surface area (Å²) in [6.45, 7) is 1.99. The predicted molar refractivity (Wildman–Crippen MR) is 91.8 cm³/mol. The molecule has 0 aliphatic rings. The van der Waals surface area contributed by atoms with Gasteiger partial charge in [0.15, 0.2) is 0 Å². The van der Waals surface area contributed by atoms with Gasteiger partial charge in [-0.05, 0) is 36.8 Å². The summed E-state index contributed by atoms with van der Waals surface area (Å²) < 4.78 is 7.15. The monoisotopic (exact) mass is 308 g/mol. The second-order valence-electron chi connectivity index (χ2n) is 5.62. The minimum absolute atomic E-state index is 0.0451. The summed E-state index contributed by atoms with van der Waals surface area (Å²) in [5.41, 5.74) is 2.72. The van der Waals surface area contributed by atoms with E-state index in [4.69, 9.17) is 4.74 Å². The highest BCUT2D eigenvalue weighted by Gasteiger charge is 2.16. The van der Waals surface area contributed by atoms with Crippen LogP contribution in [0.15, 0.2) is 54.6 Å². The lowest BCUT2D eigenvalue weighted by Gasteiger charge is -2.14. The molecule has 4 heteroatoms. The van der Waals surface area contributed by atoms with E-state index in [9.17, 15) is 4.79 Å². The molecule has 0 bridgehead atoms. The van der Waals surface area contributed by atoms with Crippen LogP contribution in [0.25, 0.3) is 10.9 Å². The third-order valence-electron chi connectivity index (χ3n) is 4.13. The molecule has 0 saturated heterocycles. The lowest BCUT2D eigenvalue weighted by atomic mass is 10.1. The molecule has 0 aliphatic heterocycles. The first-order chi connectivity index (χ1) is 11.1. The van der Waals surface area contributed by atoms with Crippen LogP contribution in [0.4, 0.5) is 0 Å². The highest BCUT2D eigenvalue weighted by Crippen LogP contribution is 2.24. The Morgan fingerprint density at radius 3 is 2.57 bits per heavy atom. The number of carbonyl (C=O) groups is 1. The van der Waals surface area contributed by atoms with Crippen LogP contribution in [0.3, 0.4) is 0 Å². The number of nitrogens with one attached hydrogen (secondary N) is 1. The Bertz CT molecular complexity index is 837. The number of benzene rings is 2. The topological polar surface area (TPSA) is 43.3 Å². The van der Waals surface area contributed by atoms with Crippen LogP contribution >= 0.6 is 0 Å². The first-order valence-electron chi connectivity index (χ1n) is 7.59. The summed E-state index contributed by atoms with van der Waals surface area (Å²) in [6, 6.07) is 17.6. The van der Waals surface area contributed by atoms with E-state index in [1.54, 1.807) is 7.11 Å². The molecule has 1 unspecified atom stereocenters. The van der Waals surface area contributed by atoms with E-state index in [0.717, 1.165) is 22.2 Å². The van der Waals surface area contributed by atoms with Crippen molar-refractivity contribution in [2.45, 2.75) is 13.0 Å². The molecule has 0 fully saturated rings. The van der Waals surface area contributed by atoms with E-state index in [2.05, 4.69) is 5.32 Å². The van der Waals surface area contributed by atoms with Crippen molar-refractivity contribution in [1.29, 1.82) is 0 Å². The van der Waals surface area contributed by atoms with Crippen molar-refractivity contribution < 1.29 is 9.53 Å². The number of hydrogen-bond donors (Lipinski definition) is 1. The number of aryl methyl sites for hydroxylation is 1. The molecule has 0 aliphatic carbocycles. The Morgan fingerprint density at radius 1 is 1.13 bits per heavy atom. The van der Waals surface area contributed by atoms with E-state index in [1.807, 2.05) is 73.1 Å². The first-order valence-corrected chi connectivity index (χ1v) is 7.59. The molecular formula is C19H20N2O2. The van der Waals surface area contributed by atoms with Crippen molar-refractivity contribution in [2.75, 3.05) is 7.11 Å². The van der Waals surface area contributed by atoms with E-state index in [0.29, 0.717) is 5.69 Å². The van der Waals surface area contributed by atoms with Crippen LogP contribution in [-0.2, 0) is 7.05 Å². The number of rotatable bonds is 4.